The molecule has 1 unspecified atom stereocenters. The maximum absolute atomic E-state index is 9.11. The van der Waals surface area contributed by atoms with Gasteiger partial charge in [-0.1, -0.05) is 6.92 Å². The lowest BCUT2D eigenvalue weighted by Gasteiger charge is -2.36. The smallest absolute Gasteiger partial charge is 0.0597 e. The van der Waals surface area contributed by atoms with Gasteiger partial charge >= 0.3 is 0 Å². The van der Waals surface area contributed by atoms with Crippen LogP contribution in [0.4, 0.5) is 0 Å². The highest BCUT2D eigenvalue weighted by molar-refractivity contribution is 4.88. The monoisotopic (exact) mass is 186 g/mol. The predicted molar refractivity (Wildman–Crippen MR) is 54.8 cm³/mol. The molecule has 13 heavy (non-hydrogen) atoms. The van der Waals surface area contributed by atoms with Gasteiger partial charge in [0.05, 0.1) is 6.61 Å². The average molecular weight is 186 g/mol. The molecule has 1 saturated heterocycles. The number of hydrogen-bond donors (Lipinski definition) is 2. The van der Waals surface area contributed by atoms with Crippen molar-refractivity contribution in [1.82, 2.24) is 10.2 Å². The molecule has 0 aliphatic carbocycles. The fourth-order valence-electron chi connectivity index (χ4n) is 2.00. The van der Waals surface area contributed by atoms with E-state index < -0.39 is 0 Å². The summed E-state index contributed by atoms with van der Waals surface area (Å²) in [7, 11) is 0. The van der Waals surface area contributed by atoms with Crippen molar-refractivity contribution >= 4 is 0 Å². The molecule has 1 rings (SSSR count). The second-order valence-electron chi connectivity index (χ2n) is 4.43. The molecule has 1 aliphatic heterocycles. The van der Waals surface area contributed by atoms with E-state index in [2.05, 4.69) is 31.0 Å². The highest BCUT2D eigenvalue weighted by atomic mass is 16.3. The number of aliphatic hydroxyl groups is 1. The van der Waals surface area contributed by atoms with Crippen LogP contribution in [0.5, 0.6) is 0 Å². The summed E-state index contributed by atoms with van der Waals surface area (Å²) >= 11 is 0. The van der Waals surface area contributed by atoms with Gasteiger partial charge in [0.1, 0.15) is 0 Å². The molecule has 1 aliphatic rings. The molecule has 0 spiro atoms. The lowest BCUT2D eigenvalue weighted by Crippen LogP contribution is -2.47. The van der Waals surface area contributed by atoms with E-state index in [0.717, 1.165) is 26.1 Å². The van der Waals surface area contributed by atoms with E-state index in [9.17, 15) is 0 Å². The maximum Gasteiger partial charge on any atom is 0.0597 e. The third-order valence-electron chi connectivity index (χ3n) is 3.07. The number of likely N-dealkylation sites (N-methyl/N-ethyl adjacent to an activating group) is 1. The summed E-state index contributed by atoms with van der Waals surface area (Å²) in [6, 6.07) is 0.252. The van der Waals surface area contributed by atoms with Crippen LogP contribution < -0.4 is 5.32 Å². The van der Waals surface area contributed by atoms with Crippen molar-refractivity contribution in [3.8, 4) is 0 Å². The summed E-state index contributed by atoms with van der Waals surface area (Å²) in [6.45, 7) is 10.0. The van der Waals surface area contributed by atoms with Gasteiger partial charge in [0.25, 0.3) is 0 Å². The zero-order valence-corrected chi connectivity index (χ0v) is 9.01. The van der Waals surface area contributed by atoms with Gasteiger partial charge in [-0.05, 0) is 33.4 Å². The van der Waals surface area contributed by atoms with Crippen LogP contribution >= 0.6 is 0 Å². The standard InChI is InChI=1S/C10H22N2O/c1-4-12-7-9(8-13)11-6-5-10(12,2)3/h9,11,13H,4-8H2,1-3H3. The fraction of sp³-hybridized carbons (Fsp3) is 1.00. The zero-order chi connectivity index (χ0) is 9.90. The van der Waals surface area contributed by atoms with E-state index in [1.165, 1.54) is 0 Å². The molecule has 3 heteroatoms. The molecule has 0 aromatic heterocycles. The Hall–Kier alpha value is -0.120. The molecule has 0 bridgehead atoms. The summed E-state index contributed by atoms with van der Waals surface area (Å²) in [4.78, 5) is 2.44. The summed E-state index contributed by atoms with van der Waals surface area (Å²) < 4.78 is 0. The van der Waals surface area contributed by atoms with Crippen LogP contribution in [0, 0.1) is 0 Å². The molecule has 0 radical (unpaired) electrons. The van der Waals surface area contributed by atoms with Crippen LogP contribution in [-0.2, 0) is 0 Å². The van der Waals surface area contributed by atoms with Crippen LogP contribution in [0.15, 0.2) is 0 Å². The first kappa shape index (κ1) is 11.0. The minimum Gasteiger partial charge on any atom is -0.395 e. The van der Waals surface area contributed by atoms with Crippen molar-refractivity contribution in [1.29, 1.82) is 0 Å². The third kappa shape index (κ3) is 2.66. The van der Waals surface area contributed by atoms with Crippen LogP contribution in [-0.4, -0.2) is 47.8 Å². The van der Waals surface area contributed by atoms with Gasteiger partial charge in [-0.2, -0.15) is 0 Å². The normalized spacial score (nSPS) is 30.0. The largest absolute Gasteiger partial charge is 0.395 e. The van der Waals surface area contributed by atoms with Gasteiger partial charge in [0.15, 0.2) is 0 Å². The molecule has 0 saturated carbocycles. The first-order valence-corrected chi connectivity index (χ1v) is 5.19. The topological polar surface area (TPSA) is 35.5 Å². The molecule has 2 N–H and O–H groups in total. The number of hydrogen-bond acceptors (Lipinski definition) is 3. The average Bonchev–Trinajstić information content (AvgIpc) is 2.23. The SMILES string of the molecule is CCN1CC(CO)NCCC1(C)C. The molecule has 3 nitrogen and oxygen atoms in total. The van der Waals surface area contributed by atoms with E-state index in [1.807, 2.05) is 0 Å². The van der Waals surface area contributed by atoms with Crippen molar-refractivity contribution in [2.45, 2.75) is 38.8 Å². The fourth-order valence-corrected chi connectivity index (χ4v) is 2.00. The Morgan fingerprint density at radius 1 is 1.54 bits per heavy atom. The molecule has 1 atom stereocenters. The lowest BCUT2D eigenvalue weighted by atomic mass is 9.99. The Morgan fingerprint density at radius 3 is 2.77 bits per heavy atom. The van der Waals surface area contributed by atoms with E-state index in [1.54, 1.807) is 0 Å². The molecule has 0 amide bonds. The molecule has 1 heterocycles. The van der Waals surface area contributed by atoms with E-state index >= 15 is 0 Å². The third-order valence-corrected chi connectivity index (χ3v) is 3.07. The van der Waals surface area contributed by atoms with E-state index in [-0.39, 0.29) is 18.2 Å². The van der Waals surface area contributed by atoms with E-state index in [0.29, 0.717) is 0 Å². The van der Waals surface area contributed by atoms with Crippen molar-refractivity contribution in [2.24, 2.45) is 0 Å². The number of nitrogens with zero attached hydrogens (tertiary/aromatic N) is 1. The molecular formula is C10H22N2O. The minimum atomic E-state index is 0.243. The summed E-state index contributed by atoms with van der Waals surface area (Å²) in [5, 5.41) is 12.5. The molecule has 0 aromatic carbocycles. The number of aliphatic hydroxyl groups excluding tert-OH is 1. The van der Waals surface area contributed by atoms with Crippen molar-refractivity contribution in [3.63, 3.8) is 0 Å². The van der Waals surface area contributed by atoms with Crippen molar-refractivity contribution in [3.05, 3.63) is 0 Å². The quantitative estimate of drug-likeness (QED) is 0.657. The Kier molecular flexibility index (Phi) is 3.71. The molecular weight excluding hydrogens is 164 g/mol. The zero-order valence-electron chi connectivity index (χ0n) is 9.01. The van der Waals surface area contributed by atoms with Crippen LogP contribution in [0.2, 0.25) is 0 Å². The summed E-state index contributed by atoms with van der Waals surface area (Å²) in [5.41, 5.74) is 0.270. The van der Waals surface area contributed by atoms with Crippen LogP contribution in [0.25, 0.3) is 0 Å². The number of rotatable bonds is 2. The molecule has 0 aromatic rings. The summed E-state index contributed by atoms with van der Waals surface area (Å²) in [5.74, 6) is 0. The van der Waals surface area contributed by atoms with Gasteiger partial charge in [-0.15, -0.1) is 0 Å². The highest BCUT2D eigenvalue weighted by Crippen LogP contribution is 2.20. The van der Waals surface area contributed by atoms with Crippen molar-refractivity contribution < 1.29 is 5.11 Å². The van der Waals surface area contributed by atoms with Gasteiger partial charge in [-0.3, -0.25) is 4.90 Å². The molecule has 78 valence electrons. The maximum atomic E-state index is 9.11. The Labute approximate surface area is 81.1 Å². The lowest BCUT2D eigenvalue weighted by molar-refractivity contribution is 0.115. The minimum absolute atomic E-state index is 0.243. The Morgan fingerprint density at radius 2 is 2.23 bits per heavy atom. The Bertz CT molecular complexity index is 159. The van der Waals surface area contributed by atoms with Crippen LogP contribution in [0.3, 0.4) is 0 Å². The molecule has 1 fully saturated rings. The second-order valence-corrected chi connectivity index (χ2v) is 4.43. The Balaban J connectivity index is 2.62. The summed E-state index contributed by atoms with van der Waals surface area (Å²) in [6.07, 6.45) is 1.15. The second kappa shape index (κ2) is 4.40. The first-order valence-electron chi connectivity index (χ1n) is 5.19. The van der Waals surface area contributed by atoms with Crippen LogP contribution in [0.1, 0.15) is 27.2 Å². The first-order chi connectivity index (χ1) is 6.10. The van der Waals surface area contributed by atoms with Gasteiger partial charge in [0.2, 0.25) is 0 Å². The highest BCUT2D eigenvalue weighted by Gasteiger charge is 2.29. The predicted octanol–water partition coefficient (Wildman–Crippen LogP) is 0.441. The van der Waals surface area contributed by atoms with Gasteiger partial charge in [-0.25, -0.2) is 0 Å². The van der Waals surface area contributed by atoms with Gasteiger partial charge < -0.3 is 10.4 Å². The van der Waals surface area contributed by atoms with Gasteiger partial charge in [0, 0.05) is 18.1 Å². The van der Waals surface area contributed by atoms with Crippen molar-refractivity contribution in [2.75, 3.05) is 26.2 Å². The number of nitrogens with one attached hydrogen (secondary N) is 1. The van der Waals surface area contributed by atoms with E-state index in [4.69, 9.17) is 5.11 Å².